The molecular formula is C20H21ClN2O2. The Kier molecular flexibility index (Phi) is 5.39. The zero-order chi connectivity index (χ0) is 17.8. The first-order chi connectivity index (χ1) is 12.0. The van der Waals surface area contributed by atoms with Crippen molar-refractivity contribution in [3.8, 4) is 16.9 Å². The number of benzene rings is 1. The van der Waals surface area contributed by atoms with Crippen molar-refractivity contribution >= 4 is 17.5 Å². The number of nitrogens with one attached hydrogen (secondary N) is 1. The van der Waals surface area contributed by atoms with Crippen LogP contribution in [-0.4, -0.2) is 23.5 Å². The van der Waals surface area contributed by atoms with Gasteiger partial charge in [-0.1, -0.05) is 31.5 Å². The molecule has 130 valence electrons. The number of carbonyl (C=O) groups excluding carboxylic acids is 1. The van der Waals surface area contributed by atoms with E-state index in [1.165, 1.54) is 0 Å². The molecule has 0 saturated carbocycles. The molecule has 0 fully saturated rings. The summed E-state index contributed by atoms with van der Waals surface area (Å²) in [5, 5.41) is 3.57. The average molecular weight is 357 g/mol. The van der Waals surface area contributed by atoms with E-state index in [9.17, 15) is 4.79 Å². The van der Waals surface area contributed by atoms with Crippen LogP contribution in [0.15, 0.2) is 48.8 Å². The Labute approximate surface area is 152 Å². The molecule has 5 heteroatoms. The molecule has 3 rings (SSSR count). The molecule has 1 aromatic carbocycles. The zero-order valence-corrected chi connectivity index (χ0v) is 15.1. The minimum Gasteiger partial charge on any atom is -0.487 e. The number of rotatable bonds is 5. The summed E-state index contributed by atoms with van der Waals surface area (Å²) in [6.07, 6.45) is 7.58. The van der Waals surface area contributed by atoms with Crippen LogP contribution in [0.5, 0.6) is 5.75 Å². The number of allylic oxidation sites excluding steroid dienone is 1. The third kappa shape index (κ3) is 4.40. The van der Waals surface area contributed by atoms with Gasteiger partial charge in [-0.3, -0.25) is 9.78 Å². The highest BCUT2D eigenvalue weighted by atomic mass is 35.5. The van der Waals surface area contributed by atoms with E-state index >= 15 is 0 Å². The Bertz CT molecular complexity index is 788. The summed E-state index contributed by atoms with van der Waals surface area (Å²) in [5.41, 5.74) is 3.04. The number of amides is 1. The van der Waals surface area contributed by atoms with Gasteiger partial charge in [-0.25, -0.2) is 0 Å². The van der Waals surface area contributed by atoms with Gasteiger partial charge in [0.25, 0.3) is 0 Å². The first kappa shape index (κ1) is 17.5. The van der Waals surface area contributed by atoms with Crippen molar-refractivity contribution in [1.29, 1.82) is 0 Å². The molecule has 1 aromatic heterocycles. The van der Waals surface area contributed by atoms with Crippen molar-refractivity contribution in [2.45, 2.75) is 26.4 Å². The first-order valence-corrected chi connectivity index (χ1v) is 8.76. The van der Waals surface area contributed by atoms with Crippen molar-refractivity contribution in [2.75, 3.05) is 6.54 Å². The molecule has 2 aromatic rings. The van der Waals surface area contributed by atoms with Crippen LogP contribution in [0.3, 0.4) is 0 Å². The van der Waals surface area contributed by atoms with Crippen molar-refractivity contribution in [2.24, 2.45) is 5.92 Å². The number of carbonyl (C=O) groups is 1. The van der Waals surface area contributed by atoms with Gasteiger partial charge in [0.15, 0.2) is 0 Å². The fourth-order valence-corrected chi connectivity index (χ4v) is 3.05. The number of aromatic nitrogens is 1. The van der Waals surface area contributed by atoms with E-state index in [0.29, 0.717) is 17.5 Å². The summed E-state index contributed by atoms with van der Waals surface area (Å²) in [7, 11) is 0. The number of halogens is 1. The lowest BCUT2D eigenvalue weighted by atomic mass is 10.0. The Hall–Kier alpha value is -2.33. The maximum absolute atomic E-state index is 11.8. The van der Waals surface area contributed by atoms with Crippen molar-refractivity contribution < 1.29 is 9.53 Å². The van der Waals surface area contributed by atoms with Gasteiger partial charge in [-0.15, -0.1) is 0 Å². The molecule has 4 nitrogen and oxygen atoms in total. The van der Waals surface area contributed by atoms with Crippen molar-refractivity contribution in [3.05, 3.63) is 59.4 Å². The highest BCUT2D eigenvalue weighted by molar-refractivity contribution is 6.31. The summed E-state index contributed by atoms with van der Waals surface area (Å²) in [5.74, 6) is 1.09. The Morgan fingerprint density at radius 3 is 2.88 bits per heavy atom. The standard InChI is InChI=1S/C20H21ClN2O2/c1-13(2)3-4-19(24)23-12-17-10-15-9-16(21)11-18(20(15)25-17)14-5-7-22-8-6-14/h3-9,11,13,17H,10,12H2,1-2H3,(H,23,24)/b4-3+/t17-/m1/s1. The molecule has 0 aliphatic carbocycles. The van der Waals surface area contributed by atoms with Crippen LogP contribution < -0.4 is 10.1 Å². The molecule has 2 heterocycles. The fourth-order valence-electron chi connectivity index (χ4n) is 2.81. The van der Waals surface area contributed by atoms with E-state index in [1.54, 1.807) is 18.5 Å². The molecule has 1 N–H and O–H groups in total. The monoisotopic (exact) mass is 356 g/mol. The van der Waals surface area contributed by atoms with Crippen LogP contribution in [0.2, 0.25) is 5.02 Å². The normalized spacial score (nSPS) is 16.1. The van der Waals surface area contributed by atoms with Gasteiger partial charge in [0, 0.05) is 35.0 Å². The first-order valence-electron chi connectivity index (χ1n) is 8.38. The second-order valence-electron chi connectivity index (χ2n) is 6.47. The Morgan fingerprint density at radius 2 is 2.16 bits per heavy atom. The average Bonchev–Trinajstić information content (AvgIpc) is 3.00. The molecule has 0 bridgehead atoms. The number of pyridine rings is 1. The number of nitrogens with zero attached hydrogens (tertiary/aromatic N) is 1. The second-order valence-corrected chi connectivity index (χ2v) is 6.91. The molecule has 0 unspecified atom stereocenters. The maximum Gasteiger partial charge on any atom is 0.243 e. The number of hydrogen-bond donors (Lipinski definition) is 1. The predicted molar refractivity (Wildman–Crippen MR) is 99.8 cm³/mol. The van der Waals surface area contributed by atoms with Crippen molar-refractivity contribution in [1.82, 2.24) is 10.3 Å². The van der Waals surface area contributed by atoms with Crippen LogP contribution in [-0.2, 0) is 11.2 Å². The van der Waals surface area contributed by atoms with E-state index in [1.807, 2.05) is 44.2 Å². The molecule has 1 aliphatic heterocycles. The predicted octanol–water partition coefficient (Wildman–Crippen LogP) is 4.03. The van der Waals surface area contributed by atoms with E-state index < -0.39 is 0 Å². The summed E-state index contributed by atoms with van der Waals surface area (Å²) >= 11 is 6.27. The van der Waals surface area contributed by atoms with Crippen LogP contribution in [0.1, 0.15) is 19.4 Å². The lowest BCUT2D eigenvalue weighted by Gasteiger charge is -2.13. The van der Waals surface area contributed by atoms with Gasteiger partial charge < -0.3 is 10.1 Å². The highest BCUT2D eigenvalue weighted by Crippen LogP contribution is 2.40. The van der Waals surface area contributed by atoms with Crippen molar-refractivity contribution in [3.63, 3.8) is 0 Å². The minimum absolute atomic E-state index is 0.0922. The third-order valence-electron chi connectivity index (χ3n) is 3.99. The van der Waals surface area contributed by atoms with E-state index in [0.717, 1.165) is 28.9 Å². The summed E-state index contributed by atoms with van der Waals surface area (Å²) in [6.45, 7) is 4.53. The zero-order valence-electron chi connectivity index (χ0n) is 14.3. The summed E-state index contributed by atoms with van der Waals surface area (Å²) in [6, 6.07) is 7.70. The summed E-state index contributed by atoms with van der Waals surface area (Å²) in [4.78, 5) is 15.9. The lowest BCUT2D eigenvalue weighted by Crippen LogP contribution is -2.33. The summed E-state index contributed by atoms with van der Waals surface area (Å²) < 4.78 is 6.11. The molecule has 1 atom stereocenters. The number of ether oxygens (including phenoxy) is 1. The van der Waals surface area contributed by atoms with Gasteiger partial charge in [0.05, 0.1) is 6.54 Å². The van der Waals surface area contributed by atoms with Crippen LogP contribution >= 0.6 is 11.6 Å². The maximum atomic E-state index is 11.8. The highest BCUT2D eigenvalue weighted by Gasteiger charge is 2.26. The molecule has 0 radical (unpaired) electrons. The van der Waals surface area contributed by atoms with E-state index in [-0.39, 0.29) is 12.0 Å². The Morgan fingerprint density at radius 1 is 1.40 bits per heavy atom. The van der Waals surface area contributed by atoms with Crippen LogP contribution in [0.25, 0.3) is 11.1 Å². The number of hydrogen-bond acceptors (Lipinski definition) is 3. The minimum atomic E-state index is -0.0966. The Balaban J connectivity index is 1.72. The molecule has 0 spiro atoms. The smallest absolute Gasteiger partial charge is 0.243 e. The SMILES string of the molecule is CC(C)/C=C/C(=O)NC[C@H]1Cc2cc(Cl)cc(-c3ccncc3)c2O1. The third-order valence-corrected chi connectivity index (χ3v) is 4.21. The van der Waals surface area contributed by atoms with E-state index in [2.05, 4.69) is 10.3 Å². The number of fused-ring (bicyclic) bond motifs is 1. The second kappa shape index (κ2) is 7.70. The molecule has 1 amide bonds. The van der Waals surface area contributed by atoms with Crippen LogP contribution in [0.4, 0.5) is 0 Å². The largest absolute Gasteiger partial charge is 0.487 e. The quantitative estimate of drug-likeness (QED) is 0.823. The van der Waals surface area contributed by atoms with E-state index in [4.69, 9.17) is 16.3 Å². The molecule has 1 aliphatic rings. The molecule has 25 heavy (non-hydrogen) atoms. The van der Waals surface area contributed by atoms with Gasteiger partial charge >= 0.3 is 0 Å². The van der Waals surface area contributed by atoms with Crippen LogP contribution in [0, 0.1) is 5.92 Å². The van der Waals surface area contributed by atoms with Gasteiger partial charge in [0.2, 0.25) is 5.91 Å². The molecule has 0 saturated heterocycles. The van der Waals surface area contributed by atoms with Gasteiger partial charge in [-0.2, -0.15) is 0 Å². The lowest BCUT2D eigenvalue weighted by molar-refractivity contribution is -0.116. The van der Waals surface area contributed by atoms with Gasteiger partial charge in [0.1, 0.15) is 11.9 Å². The van der Waals surface area contributed by atoms with Gasteiger partial charge in [-0.05, 0) is 41.8 Å². The fraction of sp³-hybridized carbons (Fsp3) is 0.300. The molecular weight excluding hydrogens is 336 g/mol. The topological polar surface area (TPSA) is 51.2 Å².